The molecule has 1 heterocycles. The number of carbonyl (C=O) groups excluding carboxylic acids is 1. The third kappa shape index (κ3) is 6.55. The van der Waals surface area contributed by atoms with Crippen LogP contribution in [0.5, 0.6) is 17.2 Å². The Kier molecular flexibility index (Phi) is 8.09. The van der Waals surface area contributed by atoms with Crippen LogP contribution < -0.4 is 9.47 Å². The van der Waals surface area contributed by atoms with Gasteiger partial charge in [-0.2, -0.15) is 23.4 Å². The summed E-state index contributed by atoms with van der Waals surface area (Å²) in [6, 6.07) is 9.37. The first-order valence-electron chi connectivity index (χ1n) is 10.4. The van der Waals surface area contributed by atoms with E-state index in [-0.39, 0.29) is 23.0 Å². The first-order chi connectivity index (χ1) is 16.5. The van der Waals surface area contributed by atoms with Crippen molar-refractivity contribution in [1.82, 2.24) is 9.80 Å². The van der Waals surface area contributed by atoms with E-state index in [2.05, 4.69) is 4.99 Å². The second-order valence-corrected chi connectivity index (χ2v) is 8.88. The minimum atomic E-state index is -4.71. The van der Waals surface area contributed by atoms with E-state index in [0.29, 0.717) is 22.2 Å². The molecule has 0 spiro atoms. The number of nitriles is 1. The zero-order valence-corrected chi connectivity index (χ0v) is 20.3. The highest BCUT2D eigenvalue weighted by atomic mass is 32.2. The third-order valence-corrected chi connectivity index (χ3v) is 6.04. The minimum absolute atomic E-state index is 0.0515. The fourth-order valence-electron chi connectivity index (χ4n) is 3.05. The van der Waals surface area contributed by atoms with Gasteiger partial charge in [-0.3, -0.25) is 4.79 Å². The molecule has 1 amide bonds. The lowest BCUT2D eigenvalue weighted by Gasteiger charge is -2.19. The maximum atomic E-state index is 13.5. The Morgan fingerprint density at radius 2 is 1.80 bits per heavy atom. The van der Waals surface area contributed by atoms with Crippen LogP contribution >= 0.6 is 11.8 Å². The molecule has 11 heteroatoms. The number of thioether (sulfide) groups is 1. The van der Waals surface area contributed by atoms with Gasteiger partial charge < -0.3 is 19.3 Å². The Hall–Kier alpha value is -3.49. The summed E-state index contributed by atoms with van der Waals surface area (Å²) in [5.41, 5.74) is -0.611. The number of rotatable bonds is 7. The summed E-state index contributed by atoms with van der Waals surface area (Å²) in [5.74, 6) is -0.596. The summed E-state index contributed by atoms with van der Waals surface area (Å²) in [6.07, 6.45) is -3.07. The number of aliphatic imine (C=N–C) groups is 1. The Morgan fingerprint density at radius 3 is 2.43 bits per heavy atom. The quantitative estimate of drug-likeness (QED) is 0.499. The highest BCUT2D eigenvalue weighted by molar-refractivity contribution is 8.18. The zero-order valence-electron chi connectivity index (χ0n) is 19.5. The summed E-state index contributed by atoms with van der Waals surface area (Å²) in [6.45, 7) is 1.51. The maximum absolute atomic E-state index is 13.5. The largest absolute Gasteiger partial charge is 0.493 e. The molecule has 184 valence electrons. The molecule has 0 radical (unpaired) electrons. The van der Waals surface area contributed by atoms with E-state index in [0.717, 1.165) is 18.7 Å². The fourth-order valence-corrected chi connectivity index (χ4v) is 3.95. The normalized spacial score (nSPS) is 14.8. The molecule has 1 aliphatic heterocycles. The highest BCUT2D eigenvalue weighted by Crippen LogP contribution is 2.41. The molecule has 0 saturated heterocycles. The molecule has 2 aromatic rings. The molecule has 2 aromatic carbocycles. The van der Waals surface area contributed by atoms with Gasteiger partial charge in [0, 0.05) is 20.1 Å². The number of halogens is 3. The number of amides is 1. The van der Waals surface area contributed by atoms with Gasteiger partial charge in [0.1, 0.15) is 5.75 Å². The molecule has 0 aromatic heterocycles. The molecule has 0 aliphatic carbocycles. The summed E-state index contributed by atoms with van der Waals surface area (Å²) >= 11 is 1.25. The molecule has 1 aliphatic rings. The van der Waals surface area contributed by atoms with Gasteiger partial charge in [0.25, 0.3) is 5.91 Å². The van der Waals surface area contributed by atoms with Crippen LogP contribution in [0.1, 0.15) is 16.7 Å². The van der Waals surface area contributed by atoms with Gasteiger partial charge in [-0.15, -0.1) is 0 Å². The van der Waals surface area contributed by atoms with Crippen LogP contribution in [0.3, 0.4) is 0 Å². The van der Waals surface area contributed by atoms with Gasteiger partial charge >= 0.3 is 6.18 Å². The molecule has 0 N–H and O–H groups in total. The molecule has 0 atom stereocenters. The first-order valence-corrected chi connectivity index (χ1v) is 11.2. The Morgan fingerprint density at radius 1 is 1.09 bits per heavy atom. The number of alkyl halides is 3. The van der Waals surface area contributed by atoms with Gasteiger partial charge in [-0.05, 0) is 67.8 Å². The van der Waals surface area contributed by atoms with Crippen molar-refractivity contribution in [2.75, 3.05) is 41.3 Å². The van der Waals surface area contributed by atoms with Crippen LogP contribution in [0.4, 0.5) is 13.2 Å². The molecular weight excluding hydrogens is 481 g/mol. The van der Waals surface area contributed by atoms with E-state index in [1.807, 2.05) is 30.9 Å². The van der Waals surface area contributed by atoms with E-state index >= 15 is 0 Å². The lowest BCUT2D eigenvalue weighted by atomic mass is 10.1. The van der Waals surface area contributed by atoms with Crippen LogP contribution in [0.2, 0.25) is 0 Å². The van der Waals surface area contributed by atoms with Crippen LogP contribution in [-0.2, 0) is 11.0 Å². The van der Waals surface area contributed by atoms with E-state index in [4.69, 9.17) is 14.7 Å². The number of hydrogen-bond donors (Lipinski definition) is 0. The summed E-state index contributed by atoms with van der Waals surface area (Å²) in [7, 11) is 7.14. The average molecular weight is 505 g/mol. The van der Waals surface area contributed by atoms with Crippen LogP contribution in [-0.4, -0.2) is 62.2 Å². The monoisotopic (exact) mass is 504 g/mol. The van der Waals surface area contributed by atoms with Gasteiger partial charge in [0.05, 0.1) is 29.2 Å². The smallest absolute Gasteiger partial charge is 0.420 e. The average Bonchev–Trinajstić information content (AvgIpc) is 3.18. The number of benzene rings is 2. The van der Waals surface area contributed by atoms with Crippen molar-refractivity contribution in [3.8, 4) is 23.3 Å². The van der Waals surface area contributed by atoms with Crippen molar-refractivity contribution >= 4 is 28.9 Å². The summed E-state index contributed by atoms with van der Waals surface area (Å²) < 4.78 is 51.3. The molecule has 0 fully saturated rings. The van der Waals surface area contributed by atoms with Crippen molar-refractivity contribution < 1.29 is 27.4 Å². The molecular formula is C24H23F3N4O3S. The molecule has 0 saturated carbocycles. The van der Waals surface area contributed by atoms with Gasteiger partial charge in [0.2, 0.25) is 0 Å². The van der Waals surface area contributed by atoms with Crippen molar-refractivity contribution in [2.45, 2.75) is 6.18 Å². The lowest BCUT2D eigenvalue weighted by Crippen LogP contribution is -2.31. The molecule has 7 nitrogen and oxygen atoms in total. The Labute approximate surface area is 205 Å². The summed E-state index contributed by atoms with van der Waals surface area (Å²) in [4.78, 5) is 20.8. The van der Waals surface area contributed by atoms with Gasteiger partial charge in [-0.1, -0.05) is 6.07 Å². The number of ether oxygens (including phenoxy) is 2. The van der Waals surface area contributed by atoms with Crippen molar-refractivity contribution in [2.24, 2.45) is 4.99 Å². The maximum Gasteiger partial charge on any atom is 0.420 e. The second-order valence-electron chi connectivity index (χ2n) is 7.87. The van der Waals surface area contributed by atoms with Gasteiger partial charge in [0.15, 0.2) is 16.7 Å². The van der Waals surface area contributed by atoms with Crippen molar-refractivity contribution in [1.29, 1.82) is 5.26 Å². The Balaban J connectivity index is 1.82. The highest BCUT2D eigenvalue weighted by Gasteiger charge is 2.35. The lowest BCUT2D eigenvalue weighted by molar-refractivity contribution is -0.138. The topological polar surface area (TPSA) is 78.2 Å². The third-order valence-electron chi connectivity index (χ3n) is 4.94. The number of hydrogen-bond acceptors (Lipinski definition) is 7. The predicted octanol–water partition coefficient (Wildman–Crippen LogP) is 4.84. The number of carbonyl (C=O) groups is 1. The van der Waals surface area contributed by atoms with E-state index in [9.17, 15) is 18.0 Å². The fraction of sp³-hybridized carbons (Fsp3) is 0.292. The van der Waals surface area contributed by atoms with Gasteiger partial charge in [-0.25, -0.2) is 0 Å². The van der Waals surface area contributed by atoms with Crippen molar-refractivity contribution in [3.05, 3.63) is 58.0 Å². The number of likely N-dealkylation sites (N-methyl/N-ethyl adjacent to an activating group) is 2. The zero-order chi connectivity index (χ0) is 25.8. The predicted molar refractivity (Wildman–Crippen MR) is 128 cm³/mol. The molecule has 35 heavy (non-hydrogen) atoms. The molecule has 0 bridgehead atoms. The first kappa shape index (κ1) is 26.1. The van der Waals surface area contributed by atoms with E-state index in [1.165, 1.54) is 31.0 Å². The van der Waals surface area contributed by atoms with E-state index in [1.54, 1.807) is 24.3 Å². The standard InChI is InChI=1S/C24H23F3N4O3S/c1-30(2)9-10-31(3)23-29-22(32)21(35-23)13-15-5-8-19(20(12-15)33-4)34-18-7-6-16(14-28)11-17(18)24(25,26)27/h5-8,11-13H,9-10H2,1-4H3. The number of nitrogens with zero attached hydrogens (tertiary/aromatic N) is 4. The second kappa shape index (κ2) is 10.8. The van der Waals surface area contributed by atoms with Crippen LogP contribution in [0.25, 0.3) is 6.08 Å². The van der Waals surface area contributed by atoms with Crippen LogP contribution in [0.15, 0.2) is 46.3 Å². The number of methoxy groups -OCH3 is 1. The SMILES string of the molecule is COc1cc(C=C2SC(N(C)CCN(C)C)=NC2=O)ccc1Oc1ccc(C#N)cc1C(F)(F)F. The number of amidine groups is 1. The van der Waals surface area contributed by atoms with E-state index < -0.39 is 17.5 Å². The minimum Gasteiger partial charge on any atom is -0.493 e. The molecule has 3 rings (SSSR count). The van der Waals surface area contributed by atoms with Crippen LogP contribution in [0, 0.1) is 11.3 Å². The Bertz CT molecular complexity index is 1220. The summed E-state index contributed by atoms with van der Waals surface area (Å²) in [5, 5.41) is 9.52. The van der Waals surface area contributed by atoms with Crippen molar-refractivity contribution in [3.63, 3.8) is 0 Å². The molecule has 0 unspecified atom stereocenters.